The predicted octanol–water partition coefficient (Wildman–Crippen LogP) is 4.44. The van der Waals surface area contributed by atoms with Crippen LogP contribution in [0.3, 0.4) is 0 Å². The van der Waals surface area contributed by atoms with Gasteiger partial charge < -0.3 is 14.8 Å². The number of fused-ring (bicyclic) bond motifs is 1. The fourth-order valence-corrected chi connectivity index (χ4v) is 5.60. The van der Waals surface area contributed by atoms with E-state index in [9.17, 15) is 13.2 Å². The Kier molecular flexibility index (Phi) is 7.26. The number of benzene rings is 3. The predicted molar refractivity (Wildman–Crippen MR) is 140 cm³/mol. The van der Waals surface area contributed by atoms with E-state index >= 15 is 0 Å². The van der Waals surface area contributed by atoms with Gasteiger partial charge in [0.1, 0.15) is 18.1 Å². The van der Waals surface area contributed by atoms with Crippen LogP contribution in [0.2, 0.25) is 0 Å². The lowest BCUT2D eigenvalue weighted by Gasteiger charge is -2.35. The van der Waals surface area contributed by atoms with Crippen molar-refractivity contribution in [2.24, 2.45) is 0 Å². The molecule has 7 nitrogen and oxygen atoms in total. The van der Waals surface area contributed by atoms with E-state index in [1.54, 1.807) is 42.5 Å². The van der Waals surface area contributed by atoms with Crippen molar-refractivity contribution in [3.05, 3.63) is 83.9 Å². The van der Waals surface area contributed by atoms with E-state index in [0.29, 0.717) is 11.4 Å². The first-order valence-electron chi connectivity index (χ1n) is 11.9. The molecule has 8 heteroatoms. The lowest BCUT2D eigenvalue weighted by Crippen LogP contribution is -2.51. The largest absolute Gasteiger partial charge is 0.491 e. The van der Waals surface area contributed by atoms with E-state index in [4.69, 9.17) is 9.47 Å². The molecule has 0 aromatic heterocycles. The minimum Gasteiger partial charge on any atom is -0.491 e. The zero-order valence-corrected chi connectivity index (χ0v) is 21.8. The Labute approximate surface area is 213 Å². The van der Waals surface area contributed by atoms with Gasteiger partial charge in [-0.15, -0.1) is 0 Å². The molecule has 0 saturated heterocycles. The lowest BCUT2D eigenvalue weighted by molar-refractivity contribution is -0.127. The number of para-hydroxylation sites is 1. The van der Waals surface area contributed by atoms with E-state index in [0.717, 1.165) is 16.9 Å². The number of carbonyl (C=O) groups excluding carboxylic acids is 1. The summed E-state index contributed by atoms with van der Waals surface area (Å²) >= 11 is 0. The Hall–Kier alpha value is -3.52. The molecule has 1 N–H and O–H groups in total. The summed E-state index contributed by atoms with van der Waals surface area (Å²) in [5.74, 6) is 0.733. The third-order valence-corrected chi connectivity index (χ3v) is 7.76. The molecule has 0 spiro atoms. The van der Waals surface area contributed by atoms with Crippen molar-refractivity contribution in [3.63, 3.8) is 0 Å². The van der Waals surface area contributed by atoms with Gasteiger partial charge in [0.15, 0.2) is 6.10 Å². The van der Waals surface area contributed by atoms with E-state index < -0.39 is 22.0 Å². The molecular formula is C28H32N2O5S. The number of amides is 1. The Bertz CT molecular complexity index is 1330. The molecule has 1 amide bonds. The highest BCUT2D eigenvalue weighted by Gasteiger charge is 2.37. The van der Waals surface area contributed by atoms with Gasteiger partial charge in [-0.1, -0.05) is 63.2 Å². The number of sulfonamides is 1. The van der Waals surface area contributed by atoms with Crippen LogP contribution in [0.5, 0.6) is 11.5 Å². The summed E-state index contributed by atoms with van der Waals surface area (Å²) in [5, 5.41) is 2.83. The van der Waals surface area contributed by atoms with Crippen LogP contribution >= 0.6 is 0 Å². The lowest BCUT2D eigenvalue weighted by atomic mass is 9.86. The Morgan fingerprint density at radius 1 is 1.06 bits per heavy atom. The maximum atomic E-state index is 13.5. The highest BCUT2D eigenvalue weighted by Crippen LogP contribution is 2.37. The number of nitrogens with zero attached hydrogens (tertiary/aromatic N) is 1. The van der Waals surface area contributed by atoms with Crippen LogP contribution < -0.4 is 19.1 Å². The SMILES string of the molecule is Cc1ccc2c(c1)OC(C(=O)NCCOc1ccccc1C(C)(C)C)CN2S(=O)(=O)c1ccccc1. The van der Waals surface area contributed by atoms with Crippen LogP contribution in [-0.4, -0.2) is 40.1 Å². The van der Waals surface area contributed by atoms with Gasteiger partial charge in [0.05, 0.1) is 23.7 Å². The molecule has 1 aliphatic rings. The third-order valence-electron chi connectivity index (χ3n) is 5.96. The summed E-state index contributed by atoms with van der Waals surface area (Å²) in [4.78, 5) is 13.2. The highest BCUT2D eigenvalue weighted by molar-refractivity contribution is 7.92. The van der Waals surface area contributed by atoms with Crippen LogP contribution in [0.15, 0.2) is 77.7 Å². The molecule has 1 unspecified atom stereocenters. The third kappa shape index (κ3) is 5.49. The second kappa shape index (κ2) is 10.2. The van der Waals surface area contributed by atoms with Crippen LogP contribution in [0.25, 0.3) is 0 Å². The molecule has 0 saturated carbocycles. The quantitative estimate of drug-likeness (QED) is 0.477. The first-order chi connectivity index (χ1) is 17.1. The van der Waals surface area contributed by atoms with Gasteiger partial charge in [0.2, 0.25) is 0 Å². The minimum atomic E-state index is -3.89. The zero-order valence-electron chi connectivity index (χ0n) is 21.0. The molecule has 3 aromatic rings. The van der Waals surface area contributed by atoms with Gasteiger partial charge in [-0.3, -0.25) is 9.10 Å². The van der Waals surface area contributed by atoms with Crippen LogP contribution in [0.1, 0.15) is 31.9 Å². The van der Waals surface area contributed by atoms with Crippen molar-refractivity contribution in [1.29, 1.82) is 0 Å². The van der Waals surface area contributed by atoms with Crippen molar-refractivity contribution in [2.75, 3.05) is 24.0 Å². The van der Waals surface area contributed by atoms with Crippen LogP contribution in [-0.2, 0) is 20.2 Å². The number of hydrogen-bond donors (Lipinski definition) is 1. The zero-order chi connectivity index (χ0) is 25.9. The maximum absolute atomic E-state index is 13.5. The topological polar surface area (TPSA) is 84.9 Å². The second-order valence-electron chi connectivity index (χ2n) is 9.81. The Morgan fingerprint density at radius 3 is 2.47 bits per heavy atom. The molecule has 0 bridgehead atoms. The molecular weight excluding hydrogens is 476 g/mol. The molecule has 4 rings (SSSR count). The molecule has 36 heavy (non-hydrogen) atoms. The van der Waals surface area contributed by atoms with Crippen LogP contribution in [0.4, 0.5) is 5.69 Å². The van der Waals surface area contributed by atoms with E-state index in [1.807, 2.05) is 37.3 Å². The van der Waals surface area contributed by atoms with Gasteiger partial charge in [0, 0.05) is 0 Å². The van der Waals surface area contributed by atoms with Gasteiger partial charge in [-0.2, -0.15) is 0 Å². The van der Waals surface area contributed by atoms with Crippen molar-refractivity contribution in [2.45, 2.75) is 44.1 Å². The van der Waals surface area contributed by atoms with Crippen molar-refractivity contribution < 1.29 is 22.7 Å². The van der Waals surface area contributed by atoms with Gasteiger partial charge in [-0.25, -0.2) is 8.42 Å². The maximum Gasteiger partial charge on any atom is 0.264 e. The van der Waals surface area contributed by atoms with Crippen LogP contribution in [0, 0.1) is 6.92 Å². The monoisotopic (exact) mass is 508 g/mol. The number of nitrogens with one attached hydrogen (secondary N) is 1. The first kappa shape index (κ1) is 25.6. The molecule has 1 heterocycles. The van der Waals surface area contributed by atoms with Gasteiger partial charge >= 0.3 is 0 Å². The average Bonchev–Trinajstić information content (AvgIpc) is 2.85. The second-order valence-corrected chi connectivity index (χ2v) is 11.7. The van der Waals surface area contributed by atoms with E-state index in [-0.39, 0.29) is 30.0 Å². The van der Waals surface area contributed by atoms with E-state index in [2.05, 4.69) is 26.1 Å². The minimum absolute atomic E-state index is 0.0744. The van der Waals surface area contributed by atoms with Crippen molar-refractivity contribution >= 4 is 21.6 Å². The molecule has 190 valence electrons. The number of rotatable bonds is 7. The van der Waals surface area contributed by atoms with Gasteiger partial charge in [-0.05, 0) is 53.8 Å². The van der Waals surface area contributed by atoms with Crippen molar-refractivity contribution in [3.8, 4) is 11.5 Å². The number of carbonyl (C=O) groups is 1. The fraction of sp³-hybridized carbons (Fsp3) is 0.321. The summed E-state index contributed by atoms with van der Waals surface area (Å²) in [6.45, 7) is 8.63. The first-order valence-corrected chi connectivity index (χ1v) is 13.4. The summed E-state index contributed by atoms with van der Waals surface area (Å²) in [5.41, 5.74) is 2.32. The molecule has 1 atom stereocenters. The van der Waals surface area contributed by atoms with Gasteiger partial charge in [0.25, 0.3) is 15.9 Å². The summed E-state index contributed by atoms with van der Waals surface area (Å²) in [7, 11) is -3.89. The number of anilines is 1. The van der Waals surface area contributed by atoms with E-state index in [1.165, 1.54) is 4.31 Å². The molecule has 0 radical (unpaired) electrons. The Balaban J connectivity index is 1.47. The molecule has 0 aliphatic carbocycles. The smallest absolute Gasteiger partial charge is 0.264 e. The fourth-order valence-electron chi connectivity index (χ4n) is 4.11. The summed E-state index contributed by atoms with van der Waals surface area (Å²) in [6.07, 6.45) is -1.00. The number of aryl methyl sites for hydroxylation is 1. The Morgan fingerprint density at radius 2 is 1.75 bits per heavy atom. The number of ether oxygens (including phenoxy) is 2. The summed E-state index contributed by atoms with van der Waals surface area (Å²) in [6, 6.07) is 21.3. The van der Waals surface area contributed by atoms with Crippen molar-refractivity contribution in [1.82, 2.24) is 5.32 Å². The molecule has 1 aliphatic heterocycles. The average molecular weight is 509 g/mol. The normalized spacial score (nSPS) is 15.6. The molecule has 0 fully saturated rings. The highest BCUT2D eigenvalue weighted by atomic mass is 32.2. The molecule has 3 aromatic carbocycles. The summed E-state index contributed by atoms with van der Waals surface area (Å²) < 4.78 is 40.1. The number of hydrogen-bond acceptors (Lipinski definition) is 5. The standard InChI is InChI=1S/C28H32N2O5S/c1-20-14-15-23-25(18-20)35-26(19-30(23)36(32,33)21-10-6-5-7-11-21)27(31)29-16-17-34-24-13-9-8-12-22(24)28(2,3)4/h5-15,18,26H,16-17,19H2,1-4H3,(H,29,31).